The molecule has 0 aliphatic heterocycles. The van der Waals surface area contributed by atoms with E-state index in [1.165, 1.54) is 0 Å². The minimum absolute atomic E-state index is 0.176. The Balaban J connectivity index is 2.79. The first-order valence-electron chi connectivity index (χ1n) is 7.56. The highest BCUT2D eigenvalue weighted by molar-refractivity contribution is 5.80. The largest absolute Gasteiger partial charge is 0.479 e. The van der Waals surface area contributed by atoms with Gasteiger partial charge in [0.1, 0.15) is 0 Å². The average Bonchev–Trinajstić information content (AvgIpc) is 2.79. The Morgan fingerprint density at radius 3 is 3.13 bits per heavy atom. The van der Waals surface area contributed by atoms with Crippen LogP contribution in [0, 0.1) is 0 Å². The van der Waals surface area contributed by atoms with Gasteiger partial charge in [-0.2, -0.15) is 0 Å². The van der Waals surface area contributed by atoms with E-state index in [1.807, 2.05) is 0 Å². The van der Waals surface area contributed by atoms with Crippen LogP contribution in [0.5, 0.6) is 0 Å². The summed E-state index contributed by atoms with van der Waals surface area (Å²) in [5, 5.41) is 18.1. The number of aliphatic hydroxyl groups is 1. The van der Waals surface area contributed by atoms with Gasteiger partial charge in [-0.25, -0.2) is 4.79 Å². The summed E-state index contributed by atoms with van der Waals surface area (Å²) in [5.74, 6) is -1.98. The number of fused-ring (bicyclic) bond motifs is 1. The predicted octanol–water partition coefficient (Wildman–Crippen LogP) is 1.16. The van der Waals surface area contributed by atoms with Crippen LogP contribution in [0.3, 0.4) is 0 Å². The minimum Gasteiger partial charge on any atom is -0.479 e. The molecule has 1 aromatic heterocycles. The van der Waals surface area contributed by atoms with E-state index in [2.05, 4.69) is 4.98 Å². The van der Waals surface area contributed by atoms with E-state index >= 15 is 0 Å². The second-order valence-corrected chi connectivity index (χ2v) is 2.75. The van der Waals surface area contributed by atoms with Crippen LogP contribution in [0.15, 0.2) is 30.2 Å². The Morgan fingerprint density at radius 2 is 2.40 bits per heavy atom. The first-order valence-corrected chi connectivity index (χ1v) is 3.98. The Labute approximate surface area is 96.0 Å². The fourth-order valence-corrected chi connectivity index (χ4v) is 1.07. The molecule has 0 saturated carbocycles. The highest BCUT2D eigenvalue weighted by Gasteiger charge is 2.14. The molecule has 0 bridgehead atoms. The lowest BCUT2D eigenvalue weighted by Gasteiger charge is -2.01. The van der Waals surface area contributed by atoms with Crippen LogP contribution in [0.2, 0.25) is 0 Å². The number of carboxylic acids is 1. The van der Waals surface area contributed by atoms with Crippen LogP contribution in [-0.2, 0) is 11.2 Å². The third kappa shape index (κ3) is 1.99. The van der Waals surface area contributed by atoms with Gasteiger partial charge in [0, 0.05) is 19.0 Å². The standard InChI is InChI=1S/C11H11NO3/c13-10(11(14)15)6-8-5-7-3-1-2-4-9(7)12-8/h1-5,10,12-13H,6H2,(H,14,15)/i1D,2D,3D,4D,5D,6D,10D. The van der Waals surface area contributed by atoms with Crippen molar-refractivity contribution in [2.24, 2.45) is 0 Å². The smallest absolute Gasteiger partial charge is 0.332 e. The first-order chi connectivity index (χ1) is 10.0. The zero-order valence-corrected chi connectivity index (χ0v) is 7.38. The van der Waals surface area contributed by atoms with Gasteiger partial charge in [0.15, 0.2) is 6.08 Å². The number of carboxylic acid groups (broad SMARTS) is 1. The molecule has 78 valence electrons. The van der Waals surface area contributed by atoms with E-state index < -0.39 is 54.4 Å². The summed E-state index contributed by atoms with van der Waals surface area (Å²) in [7, 11) is 0. The molecule has 1 aromatic carbocycles. The number of para-hydroxylation sites is 1. The van der Waals surface area contributed by atoms with E-state index in [1.54, 1.807) is 0 Å². The SMILES string of the molecule is [2H]c1c([2H])c([2H])c2c([2H])c(C([2H])C([2H])(O)C(=O)O)[nH]c2c1[2H]. The van der Waals surface area contributed by atoms with Crippen molar-refractivity contribution in [2.45, 2.75) is 12.5 Å². The fraction of sp³-hybridized carbons (Fsp3) is 0.182. The molecule has 0 fully saturated rings. The number of hydrogen-bond donors (Lipinski definition) is 3. The summed E-state index contributed by atoms with van der Waals surface area (Å²) in [4.78, 5) is 13.2. The Morgan fingerprint density at radius 1 is 1.67 bits per heavy atom. The van der Waals surface area contributed by atoms with Crippen molar-refractivity contribution >= 4 is 16.9 Å². The summed E-state index contributed by atoms with van der Waals surface area (Å²) >= 11 is 0. The zero-order valence-electron chi connectivity index (χ0n) is 14.4. The highest BCUT2D eigenvalue weighted by atomic mass is 16.4. The maximum absolute atomic E-state index is 10.8. The lowest BCUT2D eigenvalue weighted by atomic mass is 10.2. The molecule has 0 aliphatic rings. The zero-order chi connectivity index (χ0) is 17.0. The van der Waals surface area contributed by atoms with Crippen molar-refractivity contribution in [3.05, 3.63) is 35.9 Å². The Bertz CT molecular complexity index is 786. The fourth-order valence-electron chi connectivity index (χ4n) is 1.07. The highest BCUT2D eigenvalue weighted by Crippen LogP contribution is 2.15. The van der Waals surface area contributed by atoms with Gasteiger partial charge >= 0.3 is 5.97 Å². The second kappa shape index (κ2) is 3.74. The number of aromatic nitrogens is 1. The quantitative estimate of drug-likeness (QED) is 0.714. The molecule has 0 spiro atoms. The van der Waals surface area contributed by atoms with Crippen LogP contribution >= 0.6 is 0 Å². The third-order valence-corrected chi connectivity index (χ3v) is 1.71. The predicted molar refractivity (Wildman–Crippen MR) is 55.6 cm³/mol. The lowest BCUT2D eigenvalue weighted by Crippen LogP contribution is -2.22. The van der Waals surface area contributed by atoms with E-state index in [4.69, 9.17) is 14.7 Å². The molecule has 4 heteroatoms. The molecule has 15 heavy (non-hydrogen) atoms. The molecule has 2 aromatic rings. The molecular weight excluding hydrogens is 194 g/mol. The third-order valence-electron chi connectivity index (χ3n) is 1.71. The van der Waals surface area contributed by atoms with Gasteiger partial charge < -0.3 is 15.2 Å². The van der Waals surface area contributed by atoms with Gasteiger partial charge in [-0.05, 0) is 17.5 Å². The lowest BCUT2D eigenvalue weighted by molar-refractivity contribution is -0.146. The number of hydrogen-bond acceptors (Lipinski definition) is 2. The van der Waals surface area contributed by atoms with Crippen LogP contribution < -0.4 is 0 Å². The molecule has 2 atom stereocenters. The van der Waals surface area contributed by atoms with Crippen molar-refractivity contribution in [2.75, 3.05) is 0 Å². The molecular formula is C11H11NO3. The monoisotopic (exact) mass is 212 g/mol. The van der Waals surface area contributed by atoms with Crippen LogP contribution in [0.25, 0.3) is 10.9 Å². The summed E-state index contributed by atoms with van der Waals surface area (Å²) in [6.45, 7) is 0. The molecule has 2 unspecified atom stereocenters. The topological polar surface area (TPSA) is 73.3 Å². The molecule has 0 aliphatic carbocycles. The number of aromatic amines is 1. The maximum Gasteiger partial charge on any atom is 0.332 e. The van der Waals surface area contributed by atoms with E-state index in [0.717, 1.165) is 0 Å². The molecule has 1 heterocycles. The van der Waals surface area contributed by atoms with Gasteiger partial charge in [0.2, 0.25) is 0 Å². The maximum atomic E-state index is 10.8. The summed E-state index contributed by atoms with van der Waals surface area (Å²) in [6, 6.07) is -2.66. The molecule has 2 rings (SSSR count). The van der Waals surface area contributed by atoms with Gasteiger partial charge in [0.05, 0.1) is 8.22 Å². The summed E-state index contributed by atoms with van der Waals surface area (Å²) in [6.07, 6.45) is -5.32. The summed E-state index contributed by atoms with van der Waals surface area (Å²) in [5.41, 5.74) is -0.647. The van der Waals surface area contributed by atoms with Gasteiger partial charge in [-0.15, -0.1) is 0 Å². The van der Waals surface area contributed by atoms with Crippen molar-refractivity contribution in [1.82, 2.24) is 4.98 Å². The first kappa shape index (κ1) is 4.37. The average molecular weight is 212 g/mol. The number of nitrogens with one attached hydrogen (secondary N) is 1. The van der Waals surface area contributed by atoms with Crippen molar-refractivity contribution in [3.63, 3.8) is 0 Å². The van der Waals surface area contributed by atoms with Crippen LogP contribution in [0.1, 0.15) is 15.3 Å². The van der Waals surface area contributed by atoms with Crippen molar-refractivity contribution in [1.29, 1.82) is 0 Å². The Kier molecular flexibility index (Phi) is 1.09. The second-order valence-electron chi connectivity index (χ2n) is 2.75. The molecule has 3 N–H and O–H groups in total. The normalized spacial score (nSPS) is 23.7. The van der Waals surface area contributed by atoms with E-state index in [9.17, 15) is 9.90 Å². The number of benzene rings is 1. The van der Waals surface area contributed by atoms with E-state index in [0.29, 0.717) is 0 Å². The summed E-state index contributed by atoms with van der Waals surface area (Å²) < 4.78 is 53.4. The van der Waals surface area contributed by atoms with Gasteiger partial charge in [0.25, 0.3) is 0 Å². The number of carbonyl (C=O) groups is 1. The van der Waals surface area contributed by atoms with Gasteiger partial charge in [-0.1, -0.05) is 18.1 Å². The van der Waals surface area contributed by atoms with Crippen molar-refractivity contribution < 1.29 is 24.6 Å². The number of H-pyrrole nitrogens is 1. The van der Waals surface area contributed by atoms with Crippen molar-refractivity contribution in [3.8, 4) is 0 Å². The van der Waals surface area contributed by atoms with E-state index in [-0.39, 0.29) is 10.9 Å². The number of rotatable bonds is 3. The Hall–Kier alpha value is -1.81. The molecule has 4 nitrogen and oxygen atoms in total. The number of aliphatic carboxylic acids is 1. The van der Waals surface area contributed by atoms with Crippen LogP contribution in [-0.4, -0.2) is 27.2 Å². The van der Waals surface area contributed by atoms with Gasteiger partial charge in [-0.3, -0.25) is 0 Å². The molecule has 0 amide bonds. The molecule has 0 radical (unpaired) electrons. The van der Waals surface area contributed by atoms with Crippen LogP contribution in [0.4, 0.5) is 0 Å². The molecule has 0 saturated heterocycles. The minimum atomic E-state index is -3.23.